The SMILES string of the molecule is Cn1cc(CNc2cc(NN)nc(C3CC3)n2)cn1. The summed E-state index contributed by atoms with van der Waals surface area (Å²) in [6.07, 6.45) is 6.13. The molecule has 0 bridgehead atoms. The van der Waals surface area contributed by atoms with Crippen LogP contribution in [-0.4, -0.2) is 19.7 Å². The van der Waals surface area contributed by atoms with Gasteiger partial charge in [-0.25, -0.2) is 15.8 Å². The van der Waals surface area contributed by atoms with Gasteiger partial charge in [0, 0.05) is 37.3 Å². The van der Waals surface area contributed by atoms with E-state index in [0.717, 1.165) is 30.0 Å². The van der Waals surface area contributed by atoms with Gasteiger partial charge in [-0.05, 0) is 12.8 Å². The second-order valence-corrected chi connectivity index (χ2v) is 4.79. The van der Waals surface area contributed by atoms with E-state index >= 15 is 0 Å². The molecule has 0 unspecified atom stereocenters. The van der Waals surface area contributed by atoms with Gasteiger partial charge in [0.25, 0.3) is 0 Å². The first-order chi connectivity index (χ1) is 9.24. The maximum Gasteiger partial charge on any atom is 0.145 e. The summed E-state index contributed by atoms with van der Waals surface area (Å²) in [4.78, 5) is 8.89. The van der Waals surface area contributed by atoms with Gasteiger partial charge in [0.2, 0.25) is 0 Å². The fourth-order valence-electron chi connectivity index (χ4n) is 1.91. The van der Waals surface area contributed by atoms with Crippen LogP contribution in [0.15, 0.2) is 18.5 Å². The van der Waals surface area contributed by atoms with Crippen LogP contribution >= 0.6 is 0 Å². The molecule has 1 aliphatic rings. The highest BCUT2D eigenvalue weighted by atomic mass is 15.3. The average molecular weight is 259 g/mol. The number of hydrazine groups is 1. The van der Waals surface area contributed by atoms with Crippen LogP contribution in [0.25, 0.3) is 0 Å². The van der Waals surface area contributed by atoms with Crippen LogP contribution in [0.3, 0.4) is 0 Å². The van der Waals surface area contributed by atoms with Crippen LogP contribution in [0, 0.1) is 0 Å². The third-order valence-corrected chi connectivity index (χ3v) is 3.07. The molecule has 100 valence electrons. The quantitative estimate of drug-likeness (QED) is 0.547. The maximum absolute atomic E-state index is 5.44. The van der Waals surface area contributed by atoms with Gasteiger partial charge in [-0.3, -0.25) is 4.68 Å². The minimum Gasteiger partial charge on any atom is -0.366 e. The molecule has 1 saturated carbocycles. The number of nitrogens with one attached hydrogen (secondary N) is 2. The highest BCUT2D eigenvalue weighted by Crippen LogP contribution is 2.38. The summed E-state index contributed by atoms with van der Waals surface area (Å²) in [7, 11) is 1.90. The number of nitrogens with two attached hydrogens (primary N) is 1. The molecule has 1 fully saturated rings. The van der Waals surface area contributed by atoms with E-state index in [1.807, 2.05) is 25.5 Å². The van der Waals surface area contributed by atoms with Crippen molar-refractivity contribution in [2.24, 2.45) is 12.9 Å². The van der Waals surface area contributed by atoms with E-state index in [9.17, 15) is 0 Å². The van der Waals surface area contributed by atoms with E-state index in [0.29, 0.717) is 18.3 Å². The van der Waals surface area contributed by atoms with E-state index in [2.05, 4.69) is 25.8 Å². The predicted molar refractivity (Wildman–Crippen MR) is 72.4 cm³/mol. The molecule has 0 aromatic carbocycles. The van der Waals surface area contributed by atoms with Crippen LogP contribution in [0.5, 0.6) is 0 Å². The van der Waals surface area contributed by atoms with Gasteiger partial charge >= 0.3 is 0 Å². The Balaban J connectivity index is 1.74. The van der Waals surface area contributed by atoms with Crippen molar-refractivity contribution in [3.05, 3.63) is 29.8 Å². The lowest BCUT2D eigenvalue weighted by Crippen LogP contribution is -2.12. The normalized spacial score (nSPS) is 14.4. The van der Waals surface area contributed by atoms with Gasteiger partial charge < -0.3 is 10.7 Å². The molecule has 3 rings (SSSR count). The molecule has 4 N–H and O–H groups in total. The summed E-state index contributed by atoms with van der Waals surface area (Å²) < 4.78 is 1.78. The first kappa shape index (κ1) is 11.9. The number of nitrogen functional groups attached to an aromatic ring is 1. The van der Waals surface area contributed by atoms with Gasteiger partial charge in [0.1, 0.15) is 17.5 Å². The fourth-order valence-corrected chi connectivity index (χ4v) is 1.91. The molecule has 0 atom stereocenters. The van der Waals surface area contributed by atoms with Gasteiger partial charge in [-0.1, -0.05) is 0 Å². The van der Waals surface area contributed by atoms with Crippen molar-refractivity contribution in [2.75, 3.05) is 10.7 Å². The molecule has 2 aromatic rings. The zero-order chi connectivity index (χ0) is 13.2. The Kier molecular flexibility index (Phi) is 3.04. The molecule has 2 heterocycles. The van der Waals surface area contributed by atoms with Crippen molar-refractivity contribution in [1.29, 1.82) is 0 Å². The Bertz CT molecular complexity index is 573. The Hall–Kier alpha value is -2.15. The topological polar surface area (TPSA) is 93.7 Å². The molecule has 0 amide bonds. The molecule has 0 saturated heterocycles. The van der Waals surface area contributed by atoms with Gasteiger partial charge in [0.05, 0.1) is 6.20 Å². The van der Waals surface area contributed by atoms with Crippen molar-refractivity contribution in [1.82, 2.24) is 19.7 Å². The minimum atomic E-state index is 0.493. The Morgan fingerprint density at radius 2 is 2.16 bits per heavy atom. The molecule has 7 heteroatoms. The molecule has 0 spiro atoms. The van der Waals surface area contributed by atoms with Crippen LogP contribution in [0.4, 0.5) is 11.6 Å². The third kappa shape index (κ3) is 2.82. The third-order valence-electron chi connectivity index (χ3n) is 3.07. The number of anilines is 2. The van der Waals surface area contributed by atoms with Gasteiger partial charge in [-0.15, -0.1) is 0 Å². The number of hydrogen-bond donors (Lipinski definition) is 3. The monoisotopic (exact) mass is 259 g/mol. The van der Waals surface area contributed by atoms with Crippen molar-refractivity contribution in [3.8, 4) is 0 Å². The van der Waals surface area contributed by atoms with E-state index in [4.69, 9.17) is 5.84 Å². The summed E-state index contributed by atoms with van der Waals surface area (Å²) in [5.41, 5.74) is 3.69. The van der Waals surface area contributed by atoms with E-state index in [1.165, 1.54) is 0 Å². The Morgan fingerprint density at radius 3 is 2.79 bits per heavy atom. The zero-order valence-electron chi connectivity index (χ0n) is 10.8. The van der Waals surface area contributed by atoms with E-state index < -0.39 is 0 Å². The summed E-state index contributed by atoms with van der Waals surface area (Å²) in [6.45, 7) is 0.680. The van der Waals surface area contributed by atoms with Crippen molar-refractivity contribution in [3.63, 3.8) is 0 Å². The molecule has 1 aliphatic carbocycles. The molecule has 2 aromatic heterocycles. The van der Waals surface area contributed by atoms with E-state index in [-0.39, 0.29) is 0 Å². The van der Waals surface area contributed by atoms with Crippen LogP contribution in [0.2, 0.25) is 0 Å². The highest BCUT2D eigenvalue weighted by molar-refractivity contribution is 5.47. The minimum absolute atomic E-state index is 0.493. The van der Waals surface area contributed by atoms with Crippen molar-refractivity contribution in [2.45, 2.75) is 25.3 Å². The van der Waals surface area contributed by atoms with Crippen molar-refractivity contribution >= 4 is 11.6 Å². The molecular weight excluding hydrogens is 242 g/mol. The van der Waals surface area contributed by atoms with Crippen LogP contribution < -0.4 is 16.6 Å². The van der Waals surface area contributed by atoms with Gasteiger partial charge in [-0.2, -0.15) is 5.10 Å². The van der Waals surface area contributed by atoms with E-state index in [1.54, 1.807) is 4.68 Å². The summed E-state index contributed by atoms with van der Waals surface area (Å²) in [5.74, 6) is 8.23. The number of aryl methyl sites for hydroxylation is 1. The summed E-state index contributed by atoms with van der Waals surface area (Å²) >= 11 is 0. The molecule has 19 heavy (non-hydrogen) atoms. The van der Waals surface area contributed by atoms with Crippen LogP contribution in [0.1, 0.15) is 30.1 Å². The molecular formula is C12H17N7. The smallest absolute Gasteiger partial charge is 0.145 e. The van der Waals surface area contributed by atoms with Crippen molar-refractivity contribution < 1.29 is 0 Å². The number of aromatic nitrogens is 4. The van der Waals surface area contributed by atoms with Crippen LogP contribution in [-0.2, 0) is 13.6 Å². The highest BCUT2D eigenvalue weighted by Gasteiger charge is 2.27. The second-order valence-electron chi connectivity index (χ2n) is 4.79. The average Bonchev–Trinajstić information content (AvgIpc) is 3.19. The number of rotatable bonds is 5. The molecule has 0 aliphatic heterocycles. The lowest BCUT2D eigenvalue weighted by atomic mass is 10.3. The fraction of sp³-hybridized carbons (Fsp3) is 0.417. The zero-order valence-corrected chi connectivity index (χ0v) is 10.8. The first-order valence-corrected chi connectivity index (χ1v) is 6.31. The maximum atomic E-state index is 5.44. The summed E-state index contributed by atoms with van der Waals surface area (Å²) in [6, 6.07) is 1.81. The Morgan fingerprint density at radius 1 is 1.37 bits per heavy atom. The largest absolute Gasteiger partial charge is 0.366 e. The summed E-state index contributed by atoms with van der Waals surface area (Å²) in [5, 5.41) is 7.40. The Labute approximate surface area is 111 Å². The van der Waals surface area contributed by atoms with Gasteiger partial charge in [0.15, 0.2) is 0 Å². The second kappa shape index (κ2) is 4.85. The molecule has 0 radical (unpaired) electrons. The first-order valence-electron chi connectivity index (χ1n) is 6.31. The lowest BCUT2D eigenvalue weighted by molar-refractivity contribution is 0.767. The lowest BCUT2D eigenvalue weighted by Gasteiger charge is -2.08. The number of hydrogen-bond acceptors (Lipinski definition) is 6. The predicted octanol–water partition coefficient (Wildman–Crippen LogP) is 0.985. The molecule has 7 nitrogen and oxygen atoms in total. The standard InChI is InChI=1S/C12H17N7/c1-19-7-8(6-15-19)5-14-10-4-11(18-13)17-12(16-10)9-2-3-9/h4,6-7,9H,2-3,5,13H2,1H3,(H2,14,16,17,18). The number of nitrogens with zero attached hydrogens (tertiary/aromatic N) is 4.